The maximum Gasteiger partial charge on any atom is 0.342 e. The molecule has 1 heterocycles. The normalized spacial score (nSPS) is 36.2. The van der Waals surface area contributed by atoms with Gasteiger partial charge in [-0.3, -0.25) is 9.59 Å². The number of hydrogen-bond acceptors (Lipinski definition) is 6. The summed E-state index contributed by atoms with van der Waals surface area (Å²) in [5, 5.41) is 19.2. The average Bonchev–Trinajstić information content (AvgIpc) is 3.13. The van der Waals surface area contributed by atoms with Crippen LogP contribution in [0.3, 0.4) is 0 Å². The molecule has 0 bridgehead atoms. The largest absolute Gasteiger partial charge is 0.481 e. The molecule has 0 radical (unpaired) electrons. The van der Waals surface area contributed by atoms with Gasteiger partial charge in [-0.15, -0.1) is 0 Å². The zero-order valence-corrected chi connectivity index (χ0v) is 18.3. The molecule has 0 aromatic carbocycles. The van der Waals surface area contributed by atoms with Crippen molar-refractivity contribution in [1.29, 1.82) is 0 Å². The van der Waals surface area contributed by atoms with E-state index < -0.39 is 23.5 Å². The highest BCUT2D eigenvalue weighted by Crippen LogP contribution is 2.62. The van der Waals surface area contributed by atoms with Gasteiger partial charge in [-0.05, 0) is 55.4 Å². The van der Waals surface area contributed by atoms with E-state index in [1.807, 2.05) is 13.0 Å². The molecule has 3 rings (SSSR count). The molecule has 0 amide bonds. The van der Waals surface area contributed by atoms with Crippen molar-refractivity contribution >= 4 is 17.9 Å². The summed E-state index contributed by atoms with van der Waals surface area (Å²) in [6, 6.07) is 0. The third kappa shape index (κ3) is 4.47. The van der Waals surface area contributed by atoms with Gasteiger partial charge in [-0.25, -0.2) is 4.79 Å². The van der Waals surface area contributed by atoms with Crippen molar-refractivity contribution in [2.75, 3.05) is 6.61 Å². The minimum atomic E-state index is -1.04. The van der Waals surface area contributed by atoms with Crippen molar-refractivity contribution in [3.63, 3.8) is 0 Å². The van der Waals surface area contributed by atoms with Crippen molar-refractivity contribution in [2.24, 2.45) is 22.7 Å². The van der Waals surface area contributed by atoms with E-state index in [2.05, 4.69) is 13.5 Å². The lowest BCUT2D eigenvalue weighted by molar-refractivity contribution is -0.187. The van der Waals surface area contributed by atoms with E-state index in [1.54, 1.807) is 6.08 Å². The summed E-state index contributed by atoms with van der Waals surface area (Å²) in [5.41, 5.74) is 0.886. The number of allylic oxidation sites excluding steroid dienone is 2. The Morgan fingerprint density at radius 1 is 1.32 bits per heavy atom. The molecule has 0 saturated heterocycles. The number of fused-ring (bicyclic) bond motifs is 1. The van der Waals surface area contributed by atoms with Crippen LogP contribution in [0.5, 0.6) is 0 Å². The van der Waals surface area contributed by atoms with Crippen LogP contribution in [0.15, 0.2) is 36.1 Å². The molecule has 5 atom stereocenters. The minimum Gasteiger partial charge on any atom is -0.481 e. The Balaban J connectivity index is 1.80. The van der Waals surface area contributed by atoms with Crippen LogP contribution < -0.4 is 0 Å². The Kier molecular flexibility index (Phi) is 6.74. The van der Waals surface area contributed by atoms with Gasteiger partial charge >= 0.3 is 17.9 Å². The number of aliphatic carboxylic acids is 1. The number of cyclic esters (lactones) is 1. The maximum absolute atomic E-state index is 12.2. The summed E-state index contributed by atoms with van der Waals surface area (Å²) in [7, 11) is 0. The fourth-order valence-electron chi connectivity index (χ4n) is 5.94. The molecule has 0 aromatic rings. The monoisotopic (exact) mass is 432 g/mol. The van der Waals surface area contributed by atoms with Crippen LogP contribution in [0.4, 0.5) is 0 Å². The second-order valence-electron chi connectivity index (χ2n) is 9.49. The predicted octanol–water partition coefficient (Wildman–Crippen LogP) is 3.53. The smallest absolute Gasteiger partial charge is 0.342 e. The molecule has 1 aliphatic heterocycles. The topological polar surface area (TPSA) is 110 Å². The van der Waals surface area contributed by atoms with Gasteiger partial charge in [-0.1, -0.05) is 32.1 Å². The first-order chi connectivity index (χ1) is 14.6. The van der Waals surface area contributed by atoms with Crippen LogP contribution in [0.25, 0.3) is 0 Å². The highest BCUT2D eigenvalue weighted by atomic mass is 16.5. The standard InChI is InChI=1S/C24H32O7/c1-15-4-7-18-23(2,17(15)6-5-16-11-13-30-22(16)29)12-10-19(24(18,3)14-25)31-21(28)9-8-20(26)27/h5,11,13,17-19,25H,1,4,6-10,12,14H2,2-3H3,(H,26,27)/b16-5+. The number of esters is 2. The number of carbonyl (C=O) groups excluding carboxylic acids is 2. The lowest BCUT2D eigenvalue weighted by Gasteiger charge is -2.60. The van der Waals surface area contributed by atoms with Gasteiger partial charge in [0.15, 0.2) is 0 Å². The van der Waals surface area contributed by atoms with Gasteiger partial charge < -0.3 is 19.7 Å². The molecule has 5 unspecified atom stereocenters. The fourth-order valence-corrected chi connectivity index (χ4v) is 5.94. The van der Waals surface area contributed by atoms with Crippen molar-refractivity contribution in [2.45, 2.75) is 64.9 Å². The Morgan fingerprint density at radius 2 is 2.06 bits per heavy atom. The third-order valence-corrected chi connectivity index (χ3v) is 7.71. The summed E-state index contributed by atoms with van der Waals surface area (Å²) in [6.45, 7) is 8.36. The Hall–Kier alpha value is -2.41. The van der Waals surface area contributed by atoms with E-state index in [-0.39, 0.29) is 42.7 Å². The number of aliphatic hydroxyl groups excluding tert-OH is 1. The van der Waals surface area contributed by atoms with Crippen LogP contribution in [0.2, 0.25) is 0 Å². The van der Waals surface area contributed by atoms with Crippen LogP contribution in [0.1, 0.15) is 58.8 Å². The van der Waals surface area contributed by atoms with Crippen LogP contribution >= 0.6 is 0 Å². The number of ether oxygens (including phenoxy) is 2. The highest BCUT2D eigenvalue weighted by molar-refractivity contribution is 5.94. The number of aliphatic hydroxyl groups is 1. The summed E-state index contributed by atoms with van der Waals surface area (Å²) in [6.07, 6.45) is 7.74. The van der Waals surface area contributed by atoms with E-state index >= 15 is 0 Å². The molecular formula is C24H32O7. The Bertz CT molecular complexity index is 826. The van der Waals surface area contributed by atoms with Crippen molar-refractivity contribution < 1.29 is 34.1 Å². The molecule has 31 heavy (non-hydrogen) atoms. The molecule has 0 aromatic heterocycles. The van der Waals surface area contributed by atoms with Gasteiger partial charge in [0, 0.05) is 5.41 Å². The first-order valence-corrected chi connectivity index (χ1v) is 10.9. The zero-order valence-electron chi connectivity index (χ0n) is 18.3. The average molecular weight is 433 g/mol. The molecular weight excluding hydrogens is 400 g/mol. The summed E-state index contributed by atoms with van der Waals surface area (Å²) in [5.74, 6) is -1.70. The van der Waals surface area contributed by atoms with E-state index in [4.69, 9.17) is 14.6 Å². The van der Waals surface area contributed by atoms with Crippen molar-refractivity contribution in [3.05, 3.63) is 36.1 Å². The number of carbonyl (C=O) groups is 3. The lowest BCUT2D eigenvalue weighted by Crippen LogP contribution is -2.58. The summed E-state index contributed by atoms with van der Waals surface area (Å²) >= 11 is 0. The number of carboxylic acid groups (broad SMARTS) is 1. The lowest BCUT2D eigenvalue weighted by atomic mass is 9.46. The zero-order chi connectivity index (χ0) is 22.8. The SMILES string of the molecule is C=C1CCC2C(C)(CO)C(OC(=O)CCC(=O)O)CCC2(C)C1C/C=C1\C=COC1=O. The first-order valence-electron chi connectivity index (χ1n) is 10.9. The second kappa shape index (κ2) is 8.99. The van der Waals surface area contributed by atoms with Crippen LogP contribution in [-0.4, -0.2) is 40.8 Å². The number of rotatable bonds is 7. The quantitative estimate of drug-likeness (QED) is 0.360. The van der Waals surface area contributed by atoms with Gasteiger partial charge in [0.1, 0.15) is 6.10 Å². The van der Waals surface area contributed by atoms with Crippen molar-refractivity contribution in [3.8, 4) is 0 Å². The summed E-state index contributed by atoms with van der Waals surface area (Å²) < 4.78 is 10.6. The number of hydrogen-bond donors (Lipinski definition) is 2. The third-order valence-electron chi connectivity index (χ3n) is 7.71. The van der Waals surface area contributed by atoms with E-state index in [0.29, 0.717) is 18.4 Å². The van der Waals surface area contributed by atoms with Gasteiger partial charge in [-0.2, -0.15) is 0 Å². The molecule has 2 aliphatic carbocycles. The predicted molar refractivity (Wildman–Crippen MR) is 113 cm³/mol. The van der Waals surface area contributed by atoms with E-state index in [9.17, 15) is 19.5 Å². The molecule has 2 saturated carbocycles. The second-order valence-corrected chi connectivity index (χ2v) is 9.49. The van der Waals surface area contributed by atoms with Crippen molar-refractivity contribution in [1.82, 2.24) is 0 Å². The molecule has 7 heteroatoms. The van der Waals surface area contributed by atoms with Gasteiger partial charge in [0.05, 0.1) is 31.3 Å². The maximum atomic E-state index is 12.2. The molecule has 2 fully saturated rings. The molecule has 0 spiro atoms. The highest BCUT2D eigenvalue weighted by Gasteiger charge is 2.58. The first kappa shape index (κ1) is 23.3. The Labute approximate surface area is 182 Å². The molecule has 2 N–H and O–H groups in total. The van der Waals surface area contributed by atoms with E-state index in [0.717, 1.165) is 24.8 Å². The fraction of sp³-hybridized carbons (Fsp3) is 0.625. The molecule has 170 valence electrons. The van der Waals surface area contributed by atoms with Crippen LogP contribution in [0, 0.1) is 22.7 Å². The molecule has 3 aliphatic rings. The van der Waals surface area contributed by atoms with E-state index in [1.165, 1.54) is 6.26 Å². The van der Waals surface area contributed by atoms with Crippen LogP contribution in [-0.2, 0) is 23.9 Å². The van der Waals surface area contributed by atoms with Gasteiger partial charge in [0.25, 0.3) is 0 Å². The van der Waals surface area contributed by atoms with Gasteiger partial charge in [0.2, 0.25) is 0 Å². The number of carboxylic acids is 1. The summed E-state index contributed by atoms with van der Waals surface area (Å²) in [4.78, 5) is 34.8. The Morgan fingerprint density at radius 3 is 2.68 bits per heavy atom. The molecule has 7 nitrogen and oxygen atoms in total. The minimum absolute atomic E-state index is 0.0935.